The first-order chi connectivity index (χ1) is 11.6. The van der Waals surface area contributed by atoms with Gasteiger partial charge in [-0.15, -0.1) is 11.8 Å². The Kier molecular flexibility index (Phi) is 6.69. The summed E-state index contributed by atoms with van der Waals surface area (Å²) in [4.78, 5) is 24.2. The zero-order chi connectivity index (χ0) is 17.4. The summed E-state index contributed by atoms with van der Waals surface area (Å²) in [6.07, 6.45) is 0. The van der Waals surface area contributed by atoms with Crippen LogP contribution in [0.2, 0.25) is 0 Å². The third-order valence-corrected chi connectivity index (χ3v) is 4.33. The van der Waals surface area contributed by atoms with Gasteiger partial charge in [0.2, 0.25) is 5.91 Å². The number of rotatable bonds is 7. The van der Waals surface area contributed by atoms with Crippen molar-refractivity contribution in [2.45, 2.75) is 11.8 Å². The van der Waals surface area contributed by atoms with E-state index in [1.54, 1.807) is 24.3 Å². The molecule has 1 amide bonds. The van der Waals surface area contributed by atoms with E-state index in [9.17, 15) is 9.59 Å². The summed E-state index contributed by atoms with van der Waals surface area (Å²) in [7, 11) is 1.30. The van der Waals surface area contributed by atoms with Crippen molar-refractivity contribution < 1.29 is 19.1 Å². The first-order valence-electron chi connectivity index (χ1n) is 7.36. The second kappa shape index (κ2) is 8.98. The lowest BCUT2D eigenvalue weighted by atomic mass is 10.2. The Morgan fingerprint density at radius 1 is 1.12 bits per heavy atom. The molecule has 1 N–H and O–H groups in total. The van der Waals surface area contributed by atoms with Crippen LogP contribution in [-0.4, -0.2) is 31.3 Å². The fraction of sp³-hybridized carbons (Fsp3) is 0.222. The molecular weight excluding hydrogens is 326 g/mol. The van der Waals surface area contributed by atoms with Gasteiger partial charge in [0.25, 0.3) is 0 Å². The van der Waals surface area contributed by atoms with Crippen molar-refractivity contribution in [2.75, 3.05) is 24.8 Å². The molecule has 2 aromatic carbocycles. The SMILES string of the molecule is COC(=O)COc1cccc(NC(=O)CSc2ccccc2C)c1. The zero-order valence-corrected chi connectivity index (χ0v) is 14.4. The molecule has 0 aliphatic carbocycles. The molecule has 0 bridgehead atoms. The summed E-state index contributed by atoms with van der Waals surface area (Å²) in [5.41, 5.74) is 1.77. The van der Waals surface area contributed by atoms with Gasteiger partial charge < -0.3 is 14.8 Å². The number of esters is 1. The van der Waals surface area contributed by atoms with E-state index in [0.717, 1.165) is 10.5 Å². The van der Waals surface area contributed by atoms with Gasteiger partial charge in [0.1, 0.15) is 5.75 Å². The third-order valence-electron chi connectivity index (χ3n) is 3.15. The van der Waals surface area contributed by atoms with Crippen molar-refractivity contribution in [3.63, 3.8) is 0 Å². The molecule has 0 fully saturated rings. The van der Waals surface area contributed by atoms with E-state index in [0.29, 0.717) is 17.2 Å². The van der Waals surface area contributed by atoms with Crippen molar-refractivity contribution in [1.29, 1.82) is 0 Å². The number of hydrogen-bond donors (Lipinski definition) is 1. The number of amides is 1. The summed E-state index contributed by atoms with van der Waals surface area (Å²) in [6.45, 7) is 1.85. The Bertz CT molecular complexity index is 718. The lowest BCUT2D eigenvalue weighted by Crippen LogP contribution is -2.15. The molecular formula is C18H19NO4S. The minimum atomic E-state index is -0.459. The van der Waals surface area contributed by atoms with Gasteiger partial charge in [-0.3, -0.25) is 4.79 Å². The molecule has 126 valence electrons. The molecule has 0 atom stereocenters. The summed E-state index contributed by atoms with van der Waals surface area (Å²) >= 11 is 1.49. The highest BCUT2D eigenvalue weighted by atomic mass is 32.2. The molecule has 2 rings (SSSR count). The number of nitrogens with one attached hydrogen (secondary N) is 1. The van der Waals surface area contributed by atoms with Crippen LogP contribution >= 0.6 is 11.8 Å². The van der Waals surface area contributed by atoms with E-state index in [-0.39, 0.29) is 12.5 Å². The van der Waals surface area contributed by atoms with E-state index in [1.165, 1.54) is 18.9 Å². The predicted octanol–water partition coefficient (Wildman–Crippen LogP) is 3.28. The zero-order valence-electron chi connectivity index (χ0n) is 13.6. The highest BCUT2D eigenvalue weighted by molar-refractivity contribution is 8.00. The van der Waals surface area contributed by atoms with E-state index < -0.39 is 5.97 Å². The Labute approximate surface area is 145 Å². The van der Waals surface area contributed by atoms with Gasteiger partial charge in [-0.05, 0) is 30.7 Å². The summed E-state index contributed by atoms with van der Waals surface area (Å²) in [6, 6.07) is 14.8. The van der Waals surface area contributed by atoms with E-state index in [4.69, 9.17) is 4.74 Å². The Morgan fingerprint density at radius 2 is 1.92 bits per heavy atom. The van der Waals surface area contributed by atoms with E-state index in [2.05, 4.69) is 10.1 Å². The molecule has 0 spiro atoms. The quantitative estimate of drug-likeness (QED) is 0.616. The summed E-state index contributed by atoms with van der Waals surface area (Å²) in [5.74, 6) is 0.246. The van der Waals surface area contributed by atoms with Crippen LogP contribution in [0.5, 0.6) is 5.75 Å². The fourth-order valence-electron chi connectivity index (χ4n) is 1.92. The van der Waals surface area contributed by atoms with Crippen molar-refractivity contribution in [1.82, 2.24) is 0 Å². The topological polar surface area (TPSA) is 64.6 Å². The molecule has 0 aliphatic rings. The van der Waals surface area contributed by atoms with Crippen molar-refractivity contribution in [2.24, 2.45) is 0 Å². The van der Waals surface area contributed by atoms with Crippen molar-refractivity contribution in [3.05, 3.63) is 54.1 Å². The number of methoxy groups -OCH3 is 1. The standard InChI is InChI=1S/C18H19NO4S/c1-13-6-3-4-9-16(13)24-12-17(20)19-14-7-5-8-15(10-14)23-11-18(21)22-2/h3-10H,11-12H2,1-2H3,(H,19,20). The number of ether oxygens (including phenoxy) is 2. The molecule has 0 unspecified atom stereocenters. The molecule has 2 aromatic rings. The monoisotopic (exact) mass is 345 g/mol. The maximum atomic E-state index is 12.1. The molecule has 24 heavy (non-hydrogen) atoms. The predicted molar refractivity (Wildman–Crippen MR) is 94.5 cm³/mol. The molecule has 0 heterocycles. The highest BCUT2D eigenvalue weighted by Gasteiger charge is 2.07. The average molecular weight is 345 g/mol. The summed E-state index contributed by atoms with van der Waals surface area (Å²) < 4.78 is 9.81. The van der Waals surface area contributed by atoms with Gasteiger partial charge in [-0.25, -0.2) is 4.79 Å². The second-order valence-corrected chi connectivity index (χ2v) is 6.01. The Hall–Kier alpha value is -2.47. The molecule has 0 aliphatic heterocycles. The Morgan fingerprint density at radius 3 is 2.67 bits per heavy atom. The molecule has 0 saturated carbocycles. The van der Waals surface area contributed by atoms with Crippen LogP contribution in [-0.2, 0) is 14.3 Å². The first-order valence-corrected chi connectivity index (χ1v) is 8.35. The van der Waals surface area contributed by atoms with Crippen molar-refractivity contribution >= 4 is 29.3 Å². The van der Waals surface area contributed by atoms with Gasteiger partial charge in [0.15, 0.2) is 6.61 Å². The largest absolute Gasteiger partial charge is 0.482 e. The van der Waals surface area contributed by atoms with Crippen LogP contribution in [0.1, 0.15) is 5.56 Å². The lowest BCUT2D eigenvalue weighted by molar-refractivity contribution is -0.142. The molecule has 5 nitrogen and oxygen atoms in total. The first kappa shape index (κ1) is 17.9. The number of carbonyl (C=O) groups is 2. The van der Waals surface area contributed by atoms with Crippen LogP contribution < -0.4 is 10.1 Å². The van der Waals surface area contributed by atoms with Crippen LogP contribution in [0, 0.1) is 6.92 Å². The number of anilines is 1. The number of hydrogen-bond acceptors (Lipinski definition) is 5. The van der Waals surface area contributed by atoms with Gasteiger partial charge >= 0.3 is 5.97 Å². The van der Waals surface area contributed by atoms with Crippen LogP contribution in [0.15, 0.2) is 53.4 Å². The number of carbonyl (C=O) groups excluding carboxylic acids is 2. The van der Waals surface area contributed by atoms with Crippen LogP contribution in [0.25, 0.3) is 0 Å². The third kappa shape index (κ3) is 5.62. The lowest BCUT2D eigenvalue weighted by Gasteiger charge is -2.09. The highest BCUT2D eigenvalue weighted by Crippen LogP contribution is 2.22. The molecule has 0 aromatic heterocycles. The normalized spacial score (nSPS) is 10.1. The van der Waals surface area contributed by atoms with E-state index >= 15 is 0 Å². The molecule has 6 heteroatoms. The van der Waals surface area contributed by atoms with Crippen LogP contribution in [0.4, 0.5) is 5.69 Å². The van der Waals surface area contributed by atoms with Crippen LogP contribution in [0.3, 0.4) is 0 Å². The van der Waals surface area contributed by atoms with Gasteiger partial charge in [0, 0.05) is 16.6 Å². The number of benzene rings is 2. The van der Waals surface area contributed by atoms with Gasteiger partial charge in [0.05, 0.1) is 12.9 Å². The van der Waals surface area contributed by atoms with E-state index in [1.807, 2.05) is 31.2 Å². The van der Waals surface area contributed by atoms with Gasteiger partial charge in [-0.2, -0.15) is 0 Å². The fourth-order valence-corrected chi connectivity index (χ4v) is 2.75. The summed E-state index contributed by atoms with van der Waals surface area (Å²) in [5, 5.41) is 2.82. The Balaban J connectivity index is 1.87. The average Bonchev–Trinajstić information content (AvgIpc) is 2.59. The minimum absolute atomic E-state index is 0.103. The molecule has 0 radical (unpaired) electrons. The second-order valence-electron chi connectivity index (χ2n) is 4.99. The smallest absolute Gasteiger partial charge is 0.343 e. The van der Waals surface area contributed by atoms with Gasteiger partial charge in [-0.1, -0.05) is 24.3 Å². The maximum absolute atomic E-state index is 12.1. The maximum Gasteiger partial charge on any atom is 0.343 e. The number of aryl methyl sites for hydroxylation is 1. The van der Waals surface area contributed by atoms with Crippen molar-refractivity contribution in [3.8, 4) is 5.75 Å². The number of thioether (sulfide) groups is 1. The minimum Gasteiger partial charge on any atom is -0.482 e. The molecule has 0 saturated heterocycles.